The van der Waals surface area contributed by atoms with Crippen LogP contribution in [0, 0.1) is 0 Å². The summed E-state index contributed by atoms with van der Waals surface area (Å²) in [7, 11) is 0. The third-order valence-corrected chi connectivity index (χ3v) is 4.79. The Labute approximate surface area is 156 Å². The van der Waals surface area contributed by atoms with Crippen LogP contribution in [0.1, 0.15) is 60.6 Å². The highest BCUT2D eigenvalue weighted by atomic mass is 32.1. The van der Waals surface area contributed by atoms with E-state index in [1.165, 1.54) is 11.3 Å². The molecule has 3 rings (SSSR count). The number of carbonyl (C=O) groups excluding carboxylic acids is 1. The van der Waals surface area contributed by atoms with Crippen LogP contribution in [0.4, 0.5) is 5.13 Å². The number of anilines is 1. The monoisotopic (exact) mass is 370 g/mol. The fraction of sp³-hybridized carbons (Fsp3) is 0.389. The summed E-state index contributed by atoms with van der Waals surface area (Å²) in [5.74, 6) is 0.567. The summed E-state index contributed by atoms with van der Waals surface area (Å²) in [5, 5.41) is 16.9. The van der Waals surface area contributed by atoms with Crippen LogP contribution in [0.15, 0.2) is 30.6 Å². The molecule has 3 aromatic rings. The molecular formula is C18H22N6OS. The van der Waals surface area contributed by atoms with Crippen molar-refractivity contribution >= 4 is 22.4 Å². The highest BCUT2D eigenvalue weighted by molar-refractivity contribution is 7.15. The molecule has 0 spiro atoms. The van der Waals surface area contributed by atoms with Crippen molar-refractivity contribution in [2.75, 3.05) is 5.32 Å². The van der Waals surface area contributed by atoms with Crippen LogP contribution >= 0.6 is 11.3 Å². The van der Waals surface area contributed by atoms with Crippen LogP contribution in [-0.4, -0.2) is 30.9 Å². The predicted octanol–water partition coefficient (Wildman–Crippen LogP) is 3.84. The molecule has 26 heavy (non-hydrogen) atoms. The van der Waals surface area contributed by atoms with Gasteiger partial charge >= 0.3 is 0 Å². The summed E-state index contributed by atoms with van der Waals surface area (Å²) in [6.45, 7) is 6.19. The van der Waals surface area contributed by atoms with Gasteiger partial charge in [-0.1, -0.05) is 44.6 Å². The molecule has 0 unspecified atom stereocenters. The van der Waals surface area contributed by atoms with Crippen molar-refractivity contribution in [2.24, 2.45) is 0 Å². The molecule has 0 saturated carbocycles. The van der Waals surface area contributed by atoms with Crippen LogP contribution in [0.2, 0.25) is 0 Å². The molecule has 0 radical (unpaired) electrons. The number of nitrogens with zero attached hydrogens (tertiary/aromatic N) is 5. The van der Waals surface area contributed by atoms with Gasteiger partial charge in [0.15, 0.2) is 5.82 Å². The molecule has 0 bridgehead atoms. The van der Waals surface area contributed by atoms with Gasteiger partial charge in [-0.3, -0.25) is 10.1 Å². The van der Waals surface area contributed by atoms with Crippen molar-refractivity contribution in [2.45, 2.75) is 46.0 Å². The standard InChI is InChI=1S/C18H22N6OS/c1-4-5-9-15-22-23-18(26-15)21-17(25)13-11-20-24(16(13)12(2)3)14-8-6-7-10-19-14/h6-8,10-12H,4-5,9H2,1-3H3,(H,21,23,25). The molecular weight excluding hydrogens is 348 g/mol. The molecule has 3 heterocycles. The third-order valence-electron chi connectivity index (χ3n) is 3.90. The maximum atomic E-state index is 12.8. The highest BCUT2D eigenvalue weighted by Crippen LogP contribution is 2.24. The van der Waals surface area contributed by atoms with E-state index in [1.54, 1.807) is 17.1 Å². The molecule has 8 heteroatoms. The van der Waals surface area contributed by atoms with Gasteiger partial charge < -0.3 is 0 Å². The van der Waals surface area contributed by atoms with Gasteiger partial charge in [0.05, 0.1) is 17.5 Å². The number of aryl methyl sites for hydroxylation is 1. The van der Waals surface area contributed by atoms with Crippen molar-refractivity contribution in [3.8, 4) is 5.82 Å². The summed E-state index contributed by atoms with van der Waals surface area (Å²) in [4.78, 5) is 17.1. The third kappa shape index (κ3) is 3.96. The lowest BCUT2D eigenvalue weighted by atomic mass is 10.1. The van der Waals surface area contributed by atoms with Crippen LogP contribution in [0.3, 0.4) is 0 Å². The smallest absolute Gasteiger partial charge is 0.260 e. The Balaban J connectivity index is 1.83. The summed E-state index contributed by atoms with van der Waals surface area (Å²) >= 11 is 1.42. The molecule has 136 valence electrons. The summed E-state index contributed by atoms with van der Waals surface area (Å²) in [6, 6.07) is 5.61. The van der Waals surface area contributed by atoms with Gasteiger partial charge in [0.2, 0.25) is 5.13 Å². The first-order chi connectivity index (χ1) is 12.6. The normalized spacial score (nSPS) is 11.1. The molecule has 0 aromatic carbocycles. The van der Waals surface area contributed by atoms with Crippen LogP contribution < -0.4 is 5.32 Å². The Morgan fingerprint density at radius 2 is 2.15 bits per heavy atom. The van der Waals surface area contributed by atoms with Crippen molar-refractivity contribution in [1.29, 1.82) is 0 Å². The molecule has 1 N–H and O–H groups in total. The lowest BCUT2D eigenvalue weighted by Crippen LogP contribution is -2.15. The van der Waals surface area contributed by atoms with Crippen molar-refractivity contribution < 1.29 is 4.79 Å². The minimum atomic E-state index is -0.228. The number of pyridine rings is 1. The first-order valence-corrected chi connectivity index (χ1v) is 9.54. The first kappa shape index (κ1) is 18.2. The van der Waals surface area contributed by atoms with Crippen molar-refractivity contribution in [3.05, 3.63) is 46.9 Å². The lowest BCUT2D eigenvalue weighted by Gasteiger charge is -2.11. The molecule has 0 aliphatic rings. The maximum Gasteiger partial charge on any atom is 0.260 e. The van der Waals surface area contributed by atoms with Gasteiger partial charge in [0.1, 0.15) is 5.01 Å². The number of nitrogens with one attached hydrogen (secondary N) is 1. The van der Waals surface area contributed by atoms with Gasteiger partial charge in [-0.2, -0.15) is 5.10 Å². The Hall–Kier alpha value is -2.61. The van der Waals surface area contributed by atoms with E-state index in [0.29, 0.717) is 16.5 Å². The molecule has 0 aliphatic heterocycles. The lowest BCUT2D eigenvalue weighted by molar-refractivity contribution is 0.102. The van der Waals surface area contributed by atoms with Crippen LogP contribution in [0.5, 0.6) is 0 Å². The van der Waals surface area contributed by atoms with E-state index >= 15 is 0 Å². The molecule has 0 atom stereocenters. The van der Waals surface area contributed by atoms with E-state index in [9.17, 15) is 4.79 Å². The fourth-order valence-corrected chi connectivity index (χ4v) is 3.42. The van der Waals surface area contributed by atoms with Gasteiger partial charge in [-0.15, -0.1) is 10.2 Å². The molecule has 0 saturated heterocycles. The second-order valence-corrected chi connectivity index (χ2v) is 7.32. The van der Waals surface area contributed by atoms with Crippen molar-refractivity contribution in [1.82, 2.24) is 25.0 Å². The zero-order chi connectivity index (χ0) is 18.5. The zero-order valence-corrected chi connectivity index (χ0v) is 16.0. The topological polar surface area (TPSA) is 85.6 Å². The van der Waals surface area contributed by atoms with Crippen LogP contribution in [0.25, 0.3) is 5.82 Å². The number of hydrogen-bond donors (Lipinski definition) is 1. The summed E-state index contributed by atoms with van der Waals surface area (Å²) < 4.78 is 1.71. The number of aromatic nitrogens is 5. The average Bonchev–Trinajstić information content (AvgIpc) is 3.27. The molecule has 3 aromatic heterocycles. The minimum Gasteiger partial charge on any atom is -0.296 e. The molecule has 0 fully saturated rings. The largest absolute Gasteiger partial charge is 0.296 e. The van der Waals surface area contributed by atoms with E-state index in [1.807, 2.05) is 32.0 Å². The zero-order valence-electron chi connectivity index (χ0n) is 15.1. The second-order valence-electron chi connectivity index (χ2n) is 6.26. The maximum absolute atomic E-state index is 12.8. The predicted molar refractivity (Wildman–Crippen MR) is 102 cm³/mol. The molecule has 1 amide bonds. The minimum absolute atomic E-state index is 0.106. The Morgan fingerprint density at radius 3 is 2.85 bits per heavy atom. The quantitative estimate of drug-likeness (QED) is 0.683. The number of unbranched alkanes of at least 4 members (excludes halogenated alkanes) is 1. The Kier molecular flexibility index (Phi) is 5.72. The number of rotatable bonds is 7. The number of hydrogen-bond acceptors (Lipinski definition) is 6. The van der Waals surface area contributed by atoms with E-state index in [4.69, 9.17) is 0 Å². The SMILES string of the molecule is CCCCc1nnc(NC(=O)c2cnn(-c3ccccn3)c2C(C)C)s1. The van der Waals surface area contributed by atoms with Crippen molar-refractivity contribution in [3.63, 3.8) is 0 Å². The van der Waals surface area contributed by atoms with Gasteiger partial charge in [0, 0.05) is 12.6 Å². The fourth-order valence-electron chi connectivity index (χ4n) is 2.65. The second kappa shape index (κ2) is 8.18. The first-order valence-electron chi connectivity index (χ1n) is 8.73. The van der Waals surface area contributed by atoms with Gasteiger partial charge in [-0.05, 0) is 24.5 Å². The Morgan fingerprint density at radius 1 is 1.31 bits per heavy atom. The van der Waals surface area contributed by atoms with E-state index in [-0.39, 0.29) is 11.8 Å². The van der Waals surface area contributed by atoms with Gasteiger partial charge in [0.25, 0.3) is 5.91 Å². The summed E-state index contributed by atoms with van der Waals surface area (Å²) in [6.07, 6.45) is 6.35. The van der Waals surface area contributed by atoms with E-state index in [0.717, 1.165) is 30.0 Å². The number of carbonyl (C=O) groups is 1. The highest BCUT2D eigenvalue weighted by Gasteiger charge is 2.22. The average molecular weight is 370 g/mol. The van der Waals surface area contributed by atoms with Crippen LogP contribution in [-0.2, 0) is 6.42 Å². The molecule has 7 nitrogen and oxygen atoms in total. The van der Waals surface area contributed by atoms with E-state index in [2.05, 4.69) is 32.5 Å². The summed E-state index contributed by atoms with van der Waals surface area (Å²) in [5.41, 5.74) is 1.34. The molecule has 0 aliphatic carbocycles. The Bertz CT molecular complexity index is 871. The number of amides is 1. The van der Waals surface area contributed by atoms with Gasteiger partial charge in [-0.25, -0.2) is 9.67 Å². The van der Waals surface area contributed by atoms with E-state index < -0.39 is 0 Å².